The topological polar surface area (TPSA) is 72.5 Å². The molecule has 1 aliphatic carbocycles. The first-order valence-corrected chi connectivity index (χ1v) is 14.4. The van der Waals surface area contributed by atoms with Crippen LogP contribution in [0.15, 0.2) is 72.8 Å². The Morgan fingerprint density at radius 1 is 0.892 bits per heavy atom. The standard InChI is InChI=1S/C29H40O7Si/c1-28(2,3)37(23-14-9-7-10-15-23,24-16-11-8-12-17-24)36-20-29(27(30)33-6)19-13-18-25(34-21-31-4)26(29)35-22-32-5/h7-17,19,25-26H,18,20-22H2,1-6H3/t25-,26+,29-/m0/s1. The van der Waals surface area contributed by atoms with Gasteiger partial charge in [-0.1, -0.05) is 93.6 Å². The van der Waals surface area contributed by atoms with Crippen molar-refractivity contribution in [2.75, 3.05) is 41.5 Å². The van der Waals surface area contributed by atoms with Gasteiger partial charge in [-0.25, -0.2) is 0 Å². The second-order valence-corrected chi connectivity index (χ2v) is 14.5. The molecule has 0 spiro atoms. The van der Waals surface area contributed by atoms with Crippen LogP contribution in [0.5, 0.6) is 0 Å². The van der Waals surface area contributed by atoms with E-state index in [0.29, 0.717) is 6.42 Å². The van der Waals surface area contributed by atoms with Gasteiger partial charge in [0.05, 0.1) is 19.8 Å². The van der Waals surface area contributed by atoms with Gasteiger partial charge in [0.15, 0.2) is 0 Å². The first-order chi connectivity index (χ1) is 17.8. The van der Waals surface area contributed by atoms with Crippen molar-refractivity contribution in [1.29, 1.82) is 0 Å². The van der Waals surface area contributed by atoms with Crippen LogP contribution in [0.3, 0.4) is 0 Å². The summed E-state index contributed by atoms with van der Waals surface area (Å²) >= 11 is 0. The summed E-state index contributed by atoms with van der Waals surface area (Å²) in [6.45, 7) is 6.70. The lowest BCUT2D eigenvalue weighted by Gasteiger charge is -2.47. The van der Waals surface area contributed by atoms with Crippen LogP contribution in [0.2, 0.25) is 5.04 Å². The van der Waals surface area contributed by atoms with Gasteiger partial charge in [0.25, 0.3) is 8.32 Å². The Morgan fingerprint density at radius 2 is 1.43 bits per heavy atom. The first kappa shape index (κ1) is 29.2. The summed E-state index contributed by atoms with van der Waals surface area (Å²) < 4.78 is 35.0. The van der Waals surface area contributed by atoms with Crippen molar-refractivity contribution in [1.82, 2.24) is 0 Å². The molecule has 3 rings (SSSR count). The van der Waals surface area contributed by atoms with Gasteiger partial charge in [-0.15, -0.1) is 0 Å². The Hall–Kier alpha value is -2.33. The van der Waals surface area contributed by atoms with Crippen molar-refractivity contribution >= 4 is 24.7 Å². The maximum Gasteiger partial charge on any atom is 0.320 e. The highest BCUT2D eigenvalue weighted by Gasteiger charge is 2.56. The van der Waals surface area contributed by atoms with Crippen molar-refractivity contribution in [2.24, 2.45) is 5.41 Å². The minimum Gasteiger partial charge on any atom is -0.468 e. The molecule has 0 amide bonds. The van der Waals surface area contributed by atoms with Crippen molar-refractivity contribution < 1.29 is 32.9 Å². The van der Waals surface area contributed by atoms with Gasteiger partial charge in [-0.05, 0) is 21.8 Å². The van der Waals surface area contributed by atoms with Crippen LogP contribution in [0.4, 0.5) is 0 Å². The molecule has 0 radical (unpaired) electrons. The highest BCUT2D eigenvalue weighted by molar-refractivity contribution is 6.99. The number of carbonyl (C=O) groups is 1. The Bertz CT molecular complexity index is 966. The molecule has 3 atom stereocenters. The molecule has 0 saturated carbocycles. The fraction of sp³-hybridized carbons (Fsp3) is 0.483. The van der Waals surface area contributed by atoms with E-state index in [1.54, 1.807) is 14.2 Å². The molecule has 0 saturated heterocycles. The van der Waals surface area contributed by atoms with E-state index in [4.69, 9.17) is 28.1 Å². The average Bonchev–Trinajstić information content (AvgIpc) is 2.91. The van der Waals surface area contributed by atoms with Gasteiger partial charge in [0, 0.05) is 14.2 Å². The van der Waals surface area contributed by atoms with Crippen LogP contribution in [-0.2, 0) is 32.9 Å². The molecule has 0 fully saturated rings. The number of esters is 1. The van der Waals surface area contributed by atoms with Gasteiger partial charge in [0.2, 0.25) is 0 Å². The van der Waals surface area contributed by atoms with Crippen LogP contribution in [0.25, 0.3) is 0 Å². The van der Waals surface area contributed by atoms with Gasteiger partial charge >= 0.3 is 5.97 Å². The second-order valence-electron chi connectivity index (χ2n) is 10.2. The predicted molar refractivity (Wildman–Crippen MR) is 145 cm³/mol. The molecule has 202 valence electrons. The van der Waals surface area contributed by atoms with Crippen molar-refractivity contribution in [2.45, 2.75) is 44.4 Å². The Labute approximate surface area is 221 Å². The predicted octanol–water partition coefficient (Wildman–Crippen LogP) is 3.66. The largest absolute Gasteiger partial charge is 0.468 e. The van der Waals surface area contributed by atoms with Crippen LogP contribution >= 0.6 is 0 Å². The number of benzene rings is 2. The zero-order valence-corrected chi connectivity index (χ0v) is 23.8. The number of methoxy groups -OCH3 is 3. The fourth-order valence-corrected chi connectivity index (χ4v) is 9.83. The summed E-state index contributed by atoms with van der Waals surface area (Å²) in [5.74, 6) is -0.450. The summed E-state index contributed by atoms with van der Waals surface area (Å²) in [5.41, 5.74) is -1.25. The lowest BCUT2D eigenvalue weighted by Crippen LogP contribution is -2.68. The van der Waals surface area contributed by atoms with Crippen LogP contribution in [0.1, 0.15) is 27.2 Å². The van der Waals surface area contributed by atoms with Crippen LogP contribution in [0, 0.1) is 5.41 Å². The van der Waals surface area contributed by atoms with Crippen molar-refractivity contribution in [3.05, 3.63) is 72.8 Å². The maximum atomic E-state index is 13.6. The Balaban J connectivity index is 2.15. The number of hydrogen-bond acceptors (Lipinski definition) is 7. The lowest BCUT2D eigenvalue weighted by atomic mass is 9.75. The van der Waals surface area contributed by atoms with E-state index < -0.39 is 31.9 Å². The quantitative estimate of drug-likeness (QED) is 0.180. The molecule has 8 heteroatoms. The SMILES string of the molecule is COCO[C@H]1CC=C[C@@](CO[Si](c2ccccc2)(c2ccccc2)C(C)(C)C)(C(=O)OC)[C@@H]1OCOC. The highest BCUT2D eigenvalue weighted by atomic mass is 28.4. The number of rotatable bonds is 12. The fourth-order valence-electron chi connectivity index (χ4n) is 5.22. The van der Waals surface area contributed by atoms with E-state index in [1.807, 2.05) is 48.6 Å². The smallest absolute Gasteiger partial charge is 0.320 e. The molecule has 1 aliphatic rings. The molecule has 0 unspecified atom stereocenters. The van der Waals surface area contributed by atoms with E-state index in [9.17, 15) is 4.79 Å². The number of hydrogen-bond donors (Lipinski definition) is 0. The molecule has 0 aromatic heterocycles. The molecule has 7 nitrogen and oxygen atoms in total. The average molecular weight is 529 g/mol. The Morgan fingerprint density at radius 3 is 1.92 bits per heavy atom. The van der Waals surface area contributed by atoms with E-state index in [2.05, 4.69) is 45.0 Å². The molecule has 0 heterocycles. The summed E-state index contributed by atoms with van der Waals surface area (Å²) in [7, 11) is 1.54. The molecular weight excluding hydrogens is 488 g/mol. The molecule has 0 N–H and O–H groups in total. The summed E-state index contributed by atoms with van der Waals surface area (Å²) in [4.78, 5) is 13.6. The van der Waals surface area contributed by atoms with Crippen LogP contribution in [-0.4, -0.2) is 68.0 Å². The highest BCUT2D eigenvalue weighted by Crippen LogP contribution is 2.42. The molecule has 0 bridgehead atoms. The second kappa shape index (κ2) is 13.0. The molecule has 2 aromatic carbocycles. The van der Waals surface area contributed by atoms with E-state index >= 15 is 0 Å². The molecule has 37 heavy (non-hydrogen) atoms. The van der Waals surface area contributed by atoms with E-state index in [0.717, 1.165) is 10.4 Å². The number of ether oxygens (including phenoxy) is 5. The zero-order valence-electron chi connectivity index (χ0n) is 22.8. The summed E-state index contributed by atoms with van der Waals surface area (Å²) in [6.07, 6.45) is 3.16. The summed E-state index contributed by atoms with van der Waals surface area (Å²) in [6, 6.07) is 20.6. The van der Waals surface area contributed by atoms with Crippen molar-refractivity contribution in [3.8, 4) is 0 Å². The van der Waals surface area contributed by atoms with Crippen LogP contribution < -0.4 is 10.4 Å². The van der Waals surface area contributed by atoms with Gasteiger partial charge in [-0.2, -0.15) is 0 Å². The van der Waals surface area contributed by atoms with E-state index in [1.165, 1.54) is 7.11 Å². The van der Waals surface area contributed by atoms with Gasteiger partial charge in [0.1, 0.15) is 25.1 Å². The zero-order chi connectivity index (χ0) is 26.9. The third-order valence-corrected chi connectivity index (χ3v) is 11.9. The molecule has 0 aliphatic heterocycles. The third kappa shape index (κ3) is 6.06. The number of carbonyl (C=O) groups excluding carboxylic acids is 1. The van der Waals surface area contributed by atoms with E-state index in [-0.39, 0.29) is 25.2 Å². The summed E-state index contributed by atoms with van der Waals surface area (Å²) in [5, 5.41) is 1.98. The maximum absolute atomic E-state index is 13.6. The van der Waals surface area contributed by atoms with Gasteiger partial charge in [-0.3, -0.25) is 4.79 Å². The van der Waals surface area contributed by atoms with Crippen molar-refractivity contribution in [3.63, 3.8) is 0 Å². The molecular formula is C29H40O7Si. The minimum atomic E-state index is -2.94. The monoisotopic (exact) mass is 528 g/mol. The minimum absolute atomic E-state index is 0.0106. The first-order valence-electron chi connectivity index (χ1n) is 12.5. The third-order valence-electron chi connectivity index (χ3n) is 6.90. The normalized spacial score (nSPS) is 22.1. The molecule has 2 aromatic rings. The lowest BCUT2D eigenvalue weighted by molar-refractivity contribution is -0.204. The Kier molecular flexibility index (Phi) is 10.2. The van der Waals surface area contributed by atoms with Gasteiger partial charge < -0.3 is 28.1 Å².